The zero-order chi connectivity index (χ0) is 14.4. The Morgan fingerprint density at radius 1 is 1.47 bits per heavy atom. The zero-order valence-electron chi connectivity index (χ0n) is 11.7. The summed E-state index contributed by atoms with van der Waals surface area (Å²) in [6.45, 7) is 7.80. The second kappa shape index (κ2) is 7.36. The monoisotopic (exact) mass is 283 g/mol. The highest BCUT2D eigenvalue weighted by Crippen LogP contribution is 2.20. The average Bonchev–Trinajstić information content (AvgIpc) is 2.32. The van der Waals surface area contributed by atoms with Gasteiger partial charge in [0.25, 0.3) is 0 Å². The van der Waals surface area contributed by atoms with Gasteiger partial charge in [-0.3, -0.25) is 9.69 Å². The fourth-order valence-corrected chi connectivity index (χ4v) is 1.92. The second-order valence-corrected chi connectivity index (χ2v) is 5.29. The smallest absolute Gasteiger partial charge is 0.234 e. The first-order valence-electron chi connectivity index (χ1n) is 6.48. The molecule has 0 bridgehead atoms. The molecule has 0 aliphatic heterocycles. The Morgan fingerprint density at radius 3 is 2.68 bits per heavy atom. The van der Waals surface area contributed by atoms with Crippen molar-refractivity contribution in [3.8, 4) is 0 Å². The van der Waals surface area contributed by atoms with Gasteiger partial charge in [0.2, 0.25) is 5.91 Å². The Labute approximate surface area is 119 Å². The maximum atomic E-state index is 11.7. The molecule has 1 aromatic carbocycles. The van der Waals surface area contributed by atoms with Gasteiger partial charge >= 0.3 is 0 Å². The van der Waals surface area contributed by atoms with Gasteiger partial charge in [-0.25, -0.2) is 0 Å². The third kappa shape index (κ3) is 5.49. The number of nitrogen functional groups attached to an aromatic ring is 1. The van der Waals surface area contributed by atoms with Crippen LogP contribution in [0, 0.1) is 0 Å². The van der Waals surface area contributed by atoms with E-state index in [1.165, 1.54) is 0 Å². The van der Waals surface area contributed by atoms with E-state index in [1.54, 1.807) is 6.07 Å². The third-order valence-corrected chi connectivity index (χ3v) is 3.07. The van der Waals surface area contributed by atoms with Gasteiger partial charge in [0.05, 0.1) is 17.3 Å². The van der Waals surface area contributed by atoms with Gasteiger partial charge in [0.15, 0.2) is 0 Å². The molecule has 3 N–H and O–H groups in total. The van der Waals surface area contributed by atoms with E-state index in [2.05, 4.69) is 10.2 Å². The van der Waals surface area contributed by atoms with Crippen molar-refractivity contribution in [1.82, 2.24) is 10.2 Å². The molecule has 0 atom stereocenters. The minimum atomic E-state index is 0.0405. The minimum absolute atomic E-state index is 0.0405. The van der Waals surface area contributed by atoms with Gasteiger partial charge in [-0.1, -0.05) is 24.6 Å². The number of likely N-dealkylation sites (N-methyl/N-ethyl adjacent to an activating group) is 1. The number of hydrogen-bond acceptors (Lipinski definition) is 3. The molecule has 0 aromatic heterocycles. The number of amides is 1. The van der Waals surface area contributed by atoms with Gasteiger partial charge in [0, 0.05) is 12.6 Å². The van der Waals surface area contributed by atoms with Crippen LogP contribution < -0.4 is 11.1 Å². The van der Waals surface area contributed by atoms with E-state index in [0.29, 0.717) is 23.8 Å². The first-order chi connectivity index (χ1) is 8.92. The summed E-state index contributed by atoms with van der Waals surface area (Å²) in [6, 6.07) is 5.73. The SMILES string of the molecule is CCN(CC(=O)NC(C)C)Cc1ccc(Cl)c(N)c1. The van der Waals surface area contributed by atoms with Crippen molar-refractivity contribution in [2.75, 3.05) is 18.8 Å². The van der Waals surface area contributed by atoms with E-state index in [4.69, 9.17) is 17.3 Å². The van der Waals surface area contributed by atoms with Crippen LogP contribution in [0.4, 0.5) is 5.69 Å². The third-order valence-electron chi connectivity index (χ3n) is 2.73. The summed E-state index contributed by atoms with van der Waals surface area (Å²) >= 11 is 5.89. The average molecular weight is 284 g/mol. The molecule has 1 amide bonds. The van der Waals surface area contributed by atoms with Gasteiger partial charge in [-0.15, -0.1) is 0 Å². The number of halogens is 1. The molecule has 0 unspecified atom stereocenters. The molecule has 4 nitrogen and oxygen atoms in total. The Hall–Kier alpha value is -1.26. The summed E-state index contributed by atoms with van der Waals surface area (Å²) in [6.07, 6.45) is 0. The summed E-state index contributed by atoms with van der Waals surface area (Å²) in [4.78, 5) is 13.8. The lowest BCUT2D eigenvalue weighted by Gasteiger charge is -2.21. The van der Waals surface area contributed by atoms with Crippen LogP contribution in [-0.2, 0) is 11.3 Å². The van der Waals surface area contributed by atoms with Crippen molar-refractivity contribution < 1.29 is 4.79 Å². The number of nitrogens with two attached hydrogens (primary N) is 1. The van der Waals surface area contributed by atoms with Gasteiger partial charge in [0.1, 0.15) is 0 Å². The highest BCUT2D eigenvalue weighted by atomic mass is 35.5. The quantitative estimate of drug-likeness (QED) is 0.788. The molecule has 0 heterocycles. The number of nitrogens with zero attached hydrogens (tertiary/aromatic N) is 1. The number of rotatable bonds is 6. The Kier molecular flexibility index (Phi) is 6.12. The first-order valence-corrected chi connectivity index (χ1v) is 6.85. The van der Waals surface area contributed by atoms with Crippen molar-refractivity contribution in [1.29, 1.82) is 0 Å². The van der Waals surface area contributed by atoms with Crippen molar-refractivity contribution >= 4 is 23.2 Å². The second-order valence-electron chi connectivity index (χ2n) is 4.88. The van der Waals surface area contributed by atoms with Crippen LogP contribution in [-0.4, -0.2) is 29.9 Å². The Bertz CT molecular complexity index is 435. The first kappa shape index (κ1) is 15.8. The van der Waals surface area contributed by atoms with Crippen molar-refractivity contribution in [3.05, 3.63) is 28.8 Å². The highest BCUT2D eigenvalue weighted by Gasteiger charge is 2.11. The molecule has 1 aromatic rings. The number of benzene rings is 1. The molecule has 0 saturated carbocycles. The molecule has 1 rings (SSSR count). The molecule has 0 fully saturated rings. The lowest BCUT2D eigenvalue weighted by atomic mass is 10.2. The summed E-state index contributed by atoms with van der Waals surface area (Å²) in [5.41, 5.74) is 7.40. The van der Waals surface area contributed by atoms with Crippen LogP contribution in [0.15, 0.2) is 18.2 Å². The number of hydrogen-bond donors (Lipinski definition) is 2. The fraction of sp³-hybridized carbons (Fsp3) is 0.500. The maximum absolute atomic E-state index is 11.7. The number of carbonyl (C=O) groups is 1. The van der Waals surface area contributed by atoms with E-state index >= 15 is 0 Å². The molecule has 19 heavy (non-hydrogen) atoms. The summed E-state index contributed by atoms with van der Waals surface area (Å²) in [5.74, 6) is 0.0405. The normalized spacial score (nSPS) is 11.1. The Balaban J connectivity index is 2.61. The van der Waals surface area contributed by atoms with Crippen LogP contribution in [0.1, 0.15) is 26.3 Å². The van der Waals surface area contributed by atoms with Crippen molar-refractivity contribution in [3.63, 3.8) is 0 Å². The molecule has 0 aliphatic rings. The molecule has 106 valence electrons. The van der Waals surface area contributed by atoms with Gasteiger partial charge < -0.3 is 11.1 Å². The summed E-state index contributed by atoms with van der Waals surface area (Å²) < 4.78 is 0. The van der Waals surface area contributed by atoms with E-state index in [1.807, 2.05) is 32.9 Å². The van der Waals surface area contributed by atoms with E-state index < -0.39 is 0 Å². The van der Waals surface area contributed by atoms with Crippen molar-refractivity contribution in [2.24, 2.45) is 0 Å². The lowest BCUT2D eigenvalue weighted by Crippen LogP contribution is -2.39. The van der Waals surface area contributed by atoms with Crippen LogP contribution in [0.5, 0.6) is 0 Å². The lowest BCUT2D eigenvalue weighted by molar-refractivity contribution is -0.122. The van der Waals surface area contributed by atoms with Crippen LogP contribution in [0.2, 0.25) is 5.02 Å². The maximum Gasteiger partial charge on any atom is 0.234 e. The van der Waals surface area contributed by atoms with E-state index in [9.17, 15) is 4.79 Å². The fourth-order valence-electron chi connectivity index (χ4n) is 1.80. The van der Waals surface area contributed by atoms with Crippen LogP contribution in [0.25, 0.3) is 0 Å². The topological polar surface area (TPSA) is 58.4 Å². The largest absolute Gasteiger partial charge is 0.398 e. The Morgan fingerprint density at radius 2 is 2.16 bits per heavy atom. The van der Waals surface area contributed by atoms with Gasteiger partial charge in [-0.2, -0.15) is 0 Å². The van der Waals surface area contributed by atoms with Crippen LogP contribution >= 0.6 is 11.6 Å². The molecule has 0 radical (unpaired) electrons. The number of nitrogens with one attached hydrogen (secondary N) is 1. The van der Waals surface area contributed by atoms with E-state index in [-0.39, 0.29) is 11.9 Å². The molecular weight excluding hydrogens is 262 g/mol. The van der Waals surface area contributed by atoms with Crippen LogP contribution in [0.3, 0.4) is 0 Å². The summed E-state index contributed by atoms with van der Waals surface area (Å²) in [7, 11) is 0. The minimum Gasteiger partial charge on any atom is -0.398 e. The molecule has 0 spiro atoms. The number of carbonyl (C=O) groups excluding carboxylic acids is 1. The van der Waals surface area contributed by atoms with E-state index in [0.717, 1.165) is 12.1 Å². The molecule has 5 heteroatoms. The predicted molar refractivity (Wildman–Crippen MR) is 80.1 cm³/mol. The molecule has 0 aliphatic carbocycles. The molecule has 0 saturated heterocycles. The van der Waals surface area contributed by atoms with Gasteiger partial charge in [-0.05, 0) is 38.1 Å². The standard InChI is InChI=1S/C14H22ClN3O/c1-4-18(9-14(19)17-10(2)3)8-11-5-6-12(15)13(16)7-11/h5-7,10H,4,8-9,16H2,1-3H3,(H,17,19). The zero-order valence-corrected chi connectivity index (χ0v) is 12.5. The summed E-state index contributed by atoms with van der Waals surface area (Å²) in [5, 5.41) is 3.45. The predicted octanol–water partition coefficient (Wildman–Crippen LogP) is 2.27. The highest BCUT2D eigenvalue weighted by molar-refractivity contribution is 6.33. The molecular formula is C14H22ClN3O. The number of anilines is 1. The van der Waals surface area contributed by atoms with Crippen molar-refractivity contribution in [2.45, 2.75) is 33.4 Å².